The van der Waals surface area contributed by atoms with E-state index < -0.39 is 0 Å². The summed E-state index contributed by atoms with van der Waals surface area (Å²) in [5.41, 5.74) is 2.71. The van der Waals surface area contributed by atoms with Crippen LogP contribution in [0.5, 0.6) is 11.5 Å². The van der Waals surface area contributed by atoms with Crippen molar-refractivity contribution >= 4 is 28.4 Å². The highest BCUT2D eigenvalue weighted by Gasteiger charge is 2.15. The molecule has 168 valence electrons. The largest absolute Gasteiger partial charge is 0.493 e. The Morgan fingerprint density at radius 3 is 2.71 bits per heavy atom. The maximum absolute atomic E-state index is 13.3. The molecule has 0 saturated heterocycles. The lowest BCUT2D eigenvalue weighted by Crippen LogP contribution is -2.17. The van der Waals surface area contributed by atoms with Crippen LogP contribution in [-0.4, -0.2) is 23.1 Å². The molecule has 7 nitrogen and oxygen atoms in total. The first-order chi connectivity index (χ1) is 16.7. The number of hydrogen-bond acceptors (Lipinski definition) is 7. The Morgan fingerprint density at radius 2 is 1.97 bits per heavy atom. The van der Waals surface area contributed by atoms with E-state index in [1.807, 2.05) is 29.7 Å². The Balaban J connectivity index is 1.79. The number of ether oxygens (including phenoxy) is 2. The Labute approximate surface area is 200 Å². The van der Waals surface area contributed by atoms with E-state index in [2.05, 4.69) is 12.1 Å². The van der Waals surface area contributed by atoms with E-state index in [0.29, 0.717) is 58.3 Å². The molecule has 0 spiro atoms. The minimum Gasteiger partial charge on any atom is -0.493 e. The summed E-state index contributed by atoms with van der Waals surface area (Å²) in [6.45, 7) is 0.381. The van der Waals surface area contributed by atoms with Gasteiger partial charge >= 0.3 is 0 Å². The first kappa shape index (κ1) is 22.8. The van der Waals surface area contributed by atoms with E-state index in [4.69, 9.17) is 25.0 Å². The van der Waals surface area contributed by atoms with Crippen molar-refractivity contribution in [2.45, 2.75) is 12.8 Å². The van der Waals surface area contributed by atoms with Gasteiger partial charge in [0.15, 0.2) is 16.5 Å². The van der Waals surface area contributed by atoms with Crippen molar-refractivity contribution in [1.82, 2.24) is 9.38 Å². The van der Waals surface area contributed by atoms with Gasteiger partial charge in [-0.1, -0.05) is 24.3 Å². The van der Waals surface area contributed by atoms with Crippen LogP contribution in [0.1, 0.15) is 29.7 Å². The lowest BCUT2D eigenvalue weighted by Gasteiger charge is -2.13. The third kappa shape index (κ3) is 4.68. The number of nitriles is 2. The van der Waals surface area contributed by atoms with Crippen molar-refractivity contribution in [3.8, 4) is 34.8 Å². The fourth-order valence-electron chi connectivity index (χ4n) is 3.47. The summed E-state index contributed by atoms with van der Waals surface area (Å²) < 4.78 is 12.9. The summed E-state index contributed by atoms with van der Waals surface area (Å²) in [5, 5.41) is 19.7. The second-order valence-corrected chi connectivity index (χ2v) is 8.12. The maximum Gasteiger partial charge on any atom is 0.266 e. The van der Waals surface area contributed by atoms with Crippen LogP contribution in [0.25, 0.3) is 28.2 Å². The lowest BCUT2D eigenvalue weighted by atomic mass is 10.0. The molecule has 4 rings (SSSR count). The number of methoxy groups -OCH3 is 1. The highest BCUT2D eigenvalue weighted by Crippen LogP contribution is 2.33. The normalized spacial score (nSPS) is 10.8. The van der Waals surface area contributed by atoms with Crippen LogP contribution in [0.3, 0.4) is 0 Å². The molecule has 0 N–H and O–H groups in total. The van der Waals surface area contributed by atoms with Gasteiger partial charge in [-0.15, -0.1) is 11.3 Å². The standard InChI is InChI=1S/C26H20N4O3S/c1-32-22-6-4-5-20(24(22)33-15-3-2-13-27)11-12-21-23(19-9-7-18(17-28)8-10-19)25(31)30-14-16-34-26(30)29-21/h4-12,14,16H,2-3,15H2,1H3. The second-order valence-electron chi connectivity index (χ2n) is 7.24. The molecular formula is C26H20N4O3S. The fraction of sp³-hybridized carbons (Fsp3) is 0.154. The average molecular weight is 469 g/mol. The first-order valence-corrected chi connectivity index (χ1v) is 11.4. The van der Waals surface area contributed by atoms with Crippen LogP contribution in [-0.2, 0) is 0 Å². The Morgan fingerprint density at radius 1 is 1.15 bits per heavy atom. The van der Waals surface area contributed by atoms with Gasteiger partial charge in [0.25, 0.3) is 5.56 Å². The summed E-state index contributed by atoms with van der Waals surface area (Å²) in [4.78, 5) is 18.6. The smallest absolute Gasteiger partial charge is 0.266 e. The SMILES string of the molecule is COc1cccc(C=Cc2nc3sccn3c(=O)c2-c2ccc(C#N)cc2)c1OCCCC#N. The van der Waals surface area contributed by atoms with Crippen LogP contribution in [0.4, 0.5) is 0 Å². The van der Waals surface area contributed by atoms with Crippen molar-refractivity contribution < 1.29 is 9.47 Å². The number of para-hydroxylation sites is 1. The molecule has 0 unspecified atom stereocenters. The van der Waals surface area contributed by atoms with Gasteiger partial charge in [0.2, 0.25) is 0 Å². The molecule has 2 heterocycles. The van der Waals surface area contributed by atoms with E-state index in [9.17, 15) is 4.79 Å². The van der Waals surface area contributed by atoms with Crippen molar-refractivity contribution in [3.05, 3.63) is 81.2 Å². The van der Waals surface area contributed by atoms with Crippen LogP contribution in [0.15, 0.2) is 58.8 Å². The molecule has 0 aliphatic rings. The van der Waals surface area contributed by atoms with E-state index >= 15 is 0 Å². The highest BCUT2D eigenvalue weighted by molar-refractivity contribution is 7.15. The van der Waals surface area contributed by atoms with Gasteiger partial charge < -0.3 is 9.47 Å². The number of benzene rings is 2. The topological polar surface area (TPSA) is 100 Å². The molecule has 34 heavy (non-hydrogen) atoms. The fourth-order valence-corrected chi connectivity index (χ4v) is 4.19. The summed E-state index contributed by atoms with van der Waals surface area (Å²) in [6, 6.07) is 16.6. The Kier molecular flexibility index (Phi) is 7.02. The number of hydrogen-bond donors (Lipinski definition) is 0. The summed E-state index contributed by atoms with van der Waals surface area (Å²) in [7, 11) is 1.57. The van der Waals surface area contributed by atoms with E-state index in [0.717, 1.165) is 5.56 Å². The number of rotatable bonds is 8. The molecule has 0 saturated carbocycles. The third-order valence-electron chi connectivity index (χ3n) is 5.13. The monoisotopic (exact) mass is 468 g/mol. The second kappa shape index (κ2) is 10.5. The van der Waals surface area contributed by atoms with Crippen molar-refractivity contribution in [1.29, 1.82) is 10.5 Å². The number of thiazole rings is 1. The van der Waals surface area contributed by atoms with Gasteiger partial charge in [-0.2, -0.15) is 10.5 Å². The molecule has 0 bridgehead atoms. The molecule has 0 amide bonds. The van der Waals surface area contributed by atoms with Crippen LogP contribution < -0.4 is 15.0 Å². The summed E-state index contributed by atoms with van der Waals surface area (Å²) in [6.07, 6.45) is 6.33. The summed E-state index contributed by atoms with van der Waals surface area (Å²) >= 11 is 1.38. The minimum atomic E-state index is -0.186. The molecule has 0 fully saturated rings. The van der Waals surface area contributed by atoms with Crippen molar-refractivity contribution in [3.63, 3.8) is 0 Å². The molecule has 0 radical (unpaired) electrons. The molecule has 8 heteroatoms. The molecule has 0 aliphatic heterocycles. The molecule has 4 aromatic rings. The predicted octanol–water partition coefficient (Wildman–Crippen LogP) is 5.16. The van der Waals surface area contributed by atoms with Crippen LogP contribution in [0, 0.1) is 22.7 Å². The minimum absolute atomic E-state index is 0.186. The Hall–Kier alpha value is -4.40. The highest BCUT2D eigenvalue weighted by atomic mass is 32.1. The zero-order valence-electron chi connectivity index (χ0n) is 18.4. The predicted molar refractivity (Wildman–Crippen MR) is 132 cm³/mol. The molecule has 0 atom stereocenters. The average Bonchev–Trinajstić information content (AvgIpc) is 3.35. The Bertz CT molecular complexity index is 1490. The number of nitrogens with zero attached hydrogens (tertiary/aromatic N) is 4. The van der Waals surface area contributed by atoms with Gasteiger partial charge in [-0.25, -0.2) is 4.98 Å². The number of unbranched alkanes of at least 4 members (excludes halogenated alkanes) is 1. The van der Waals surface area contributed by atoms with E-state index in [1.165, 1.54) is 15.7 Å². The van der Waals surface area contributed by atoms with Gasteiger partial charge in [-0.05, 0) is 42.3 Å². The van der Waals surface area contributed by atoms with E-state index in [1.54, 1.807) is 43.6 Å². The zero-order chi connectivity index (χ0) is 23.9. The van der Waals surface area contributed by atoms with Gasteiger partial charge in [-0.3, -0.25) is 9.20 Å². The lowest BCUT2D eigenvalue weighted by molar-refractivity contribution is 0.290. The quantitative estimate of drug-likeness (QED) is 0.331. The molecule has 2 aromatic carbocycles. The van der Waals surface area contributed by atoms with Gasteiger partial charge in [0.1, 0.15) is 0 Å². The molecular weight excluding hydrogens is 448 g/mol. The maximum atomic E-state index is 13.3. The van der Waals surface area contributed by atoms with Gasteiger partial charge in [0.05, 0.1) is 42.7 Å². The summed E-state index contributed by atoms with van der Waals surface area (Å²) in [5.74, 6) is 1.14. The van der Waals surface area contributed by atoms with Crippen LogP contribution in [0.2, 0.25) is 0 Å². The van der Waals surface area contributed by atoms with Crippen LogP contribution >= 0.6 is 11.3 Å². The van der Waals surface area contributed by atoms with E-state index in [-0.39, 0.29) is 5.56 Å². The third-order valence-corrected chi connectivity index (χ3v) is 5.88. The zero-order valence-corrected chi connectivity index (χ0v) is 19.2. The van der Waals surface area contributed by atoms with Gasteiger partial charge in [0, 0.05) is 23.6 Å². The number of aromatic nitrogens is 2. The number of fused-ring (bicyclic) bond motifs is 1. The molecule has 0 aliphatic carbocycles. The van der Waals surface area contributed by atoms with Crippen molar-refractivity contribution in [2.75, 3.05) is 13.7 Å². The molecule has 2 aromatic heterocycles. The van der Waals surface area contributed by atoms with Crippen molar-refractivity contribution in [2.24, 2.45) is 0 Å². The first-order valence-electron chi connectivity index (χ1n) is 10.5.